The number of hydrogen-bond acceptors (Lipinski definition) is 7. The first-order chi connectivity index (χ1) is 13.6. The van der Waals surface area contributed by atoms with E-state index < -0.39 is 5.91 Å². The van der Waals surface area contributed by atoms with Crippen molar-refractivity contribution in [2.45, 2.75) is 10.2 Å². The largest absolute Gasteiger partial charge is 0.495 e. The number of amides is 1. The predicted molar refractivity (Wildman–Crippen MR) is 108 cm³/mol. The zero-order valence-corrected chi connectivity index (χ0v) is 17.0. The third-order valence-electron chi connectivity index (χ3n) is 3.41. The minimum absolute atomic E-state index is 0.111. The molecule has 3 rings (SSSR count). The van der Waals surface area contributed by atoms with E-state index >= 15 is 0 Å². The third-order valence-corrected chi connectivity index (χ3v) is 5.14. The Labute approximate surface area is 173 Å². The maximum atomic E-state index is 12.5. The Balaban J connectivity index is 1.80. The van der Waals surface area contributed by atoms with Gasteiger partial charge in [-0.15, -0.1) is 0 Å². The van der Waals surface area contributed by atoms with E-state index in [9.17, 15) is 10.1 Å². The summed E-state index contributed by atoms with van der Waals surface area (Å²) in [6.45, 7) is 0. The fourth-order valence-corrected chi connectivity index (χ4v) is 3.40. The zero-order chi connectivity index (χ0) is 19.9. The Bertz CT molecular complexity index is 1060. The quantitative estimate of drug-likeness (QED) is 0.330. The van der Waals surface area contributed by atoms with E-state index in [-0.39, 0.29) is 5.57 Å². The fourth-order valence-electron chi connectivity index (χ4n) is 2.16. The number of para-hydroxylation sites is 2. The molecule has 0 saturated heterocycles. The van der Waals surface area contributed by atoms with Crippen LogP contribution in [0.25, 0.3) is 6.08 Å². The monoisotopic (exact) mass is 456 g/mol. The summed E-state index contributed by atoms with van der Waals surface area (Å²) < 4.78 is 11.6. The van der Waals surface area contributed by atoms with E-state index in [1.54, 1.807) is 48.8 Å². The lowest BCUT2D eigenvalue weighted by Crippen LogP contribution is -2.14. The number of hydrogen-bond donors (Lipinski definition) is 1. The van der Waals surface area contributed by atoms with Crippen molar-refractivity contribution in [3.8, 4) is 11.8 Å². The number of carbonyl (C=O) groups excluding carboxylic acids is 1. The highest BCUT2D eigenvalue weighted by atomic mass is 79.9. The van der Waals surface area contributed by atoms with E-state index in [0.717, 1.165) is 0 Å². The van der Waals surface area contributed by atoms with Gasteiger partial charge >= 0.3 is 0 Å². The summed E-state index contributed by atoms with van der Waals surface area (Å²) in [7, 11) is 1.50. The molecule has 3 aromatic rings. The number of anilines is 1. The van der Waals surface area contributed by atoms with Crippen molar-refractivity contribution in [2.24, 2.45) is 0 Å². The molecule has 0 atom stereocenters. The van der Waals surface area contributed by atoms with Crippen LogP contribution in [0.3, 0.4) is 0 Å². The maximum absolute atomic E-state index is 12.5. The van der Waals surface area contributed by atoms with Crippen molar-refractivity contribution in [2.75, 3.05) is 12.4 Å². The van der Waals surface area contributed by atoms with Gasteiger partial charge in [-0.25, -0.2) is 9.97 Å². The topological polar surface area (TPSA) is 101 Å². The number of carbonyl (C=O) groups is 1. The molecule has 2 aromatic heterocycles. The van der Waals surface area contributed by atoms with Crippen LogP contribution in [0.2, 0.25) is 0 Å². The summed E-state index contributed by atoms with van der Waals surface area (Å²) in [6, 6.07) is 12.2. The van der Waals surface area contributed by atoms with Crippen LogP contribution in [-0.2, 0) is 4.79 Å². The van der Waals surface area contributed by atoms with Gasteiger partial charge in [-0.2, -0.15) is 5.26 Å². The number of rotatable bonds is 6. The number of nitrogens with one attached hydrogen (secondary N) is 1. The van der Waals surface area contributed by atoms with Gasteiger partial charge in [0.05, 0.1) is 17.3 Å². The molecule has 9 heteroatoms. The van der Waals surface area contributed by atoms with Crippen LogP contribution in [0, 0.1) is 11.3 Å². The molecule has 0 unspecified atom stereocenters. The van der Waals surface area contributed by atoms with Crippen molar-refractivity contribution in [1.29, 1.82) is 5.26 Å². The first-order valence-corrected chi connectivity index (χ1v) is 9.52. The van der Waals surface area contributed by atoms with Gasteiger partial charge in [0.25, 0.3) is 5.91 Å². The smallest absolute Gasteiger partial charge is 0.266 e. The molecular formula is C19H13BrN4O3S. The molecule has 0 bridgehead atoms. The lowest BCUT2D eigenvalue weighted by Gasteiger charge is -2.08. The minimum atomic E-state index is -0.569. The third kappa shape index (κ3) is 4.79. The Kier molecular flexibility index (Phi) is 6.47. The molecule has 0 aliphatic carbocycles. The van der Waals surface area contributed by atoms with E-state index in [1.165, 1.54) is 24.9 Å². The number of ether oxygens (including phenoxy) is 1. The summed E-state index contributed by atoms with van der Waals surface area (Å²) in [5.74, 6) is 0.271. The summed E-state index contributed by atoms with van der Waals surface area (Å²) >= 11 is 4.62. The highest BCUT2D eigenvalue weighted by molar-refractivity contribution is 9.10. The Morgan fingerprint density at radius 3 is 2.79 bits per heavy atom. The molecule has 1 amide bonds. The molecular weight excluding hydrogens is 444 g/mol. The lowest BCUT2D eigenvalue weighted by molar-refractivity contribution is -0.112. The van der Waals surface area contributed by atoms with Crippen molar-refractivity contribution in [1.82, 2.24) is 9.97 Å². The molecule has 1 aromatic carbocycles. The zero-order valence-electron chi connectivity index (χ0n) is 14.5. The van der Waals surface area contributed by atoms with Crippen molar-refractivity contribution >= 4 is 45.4 Å². The Hall–Kier alpha value is -3.09. The molecule has 1 N–H and O–H groups in total. The molecule has 0 spiro atoms. The van der Waals surface area contributed by atoms with E-state index in [2.05, 4.69) is 31.2 Å². The molecule has 0 fully saturated rings. The van der Waals surface area contributed by atoms with E-state index in [0.29, 0.717) is 31.9 Å². The lowest BCUT2D eigenvalue weighted by atomic mass is 10.2. The SMILES string of the molecule is COc1ccccc1NC(=O)/C(C#N)=C/c1cc(Br)c(Sc2ncccn2)o1. The van der Waals surface area contributed by atoms with Crippen LogP contribution in [-0.4, -0.2) is 23.0 Å². The second kappa shape index (κ2) is 9.21. The van der Waals surface area contributed by atoms with Crippen LogP contribution in [0.5, 0.6) is 5.75 Å². The van der Waals surface area contributed by atoms with Crippen LogP contribution in [0.4, 0.5) is 5.69 Å². The number of furan rings is 1. The maximum Gasteiger partial charge on any atom is 0.266 e. The van der Waals surface area contributed by atoms with Gasteiger partial charge < -0.3 is 14.5 Å². The van der Waals surface area contributed by atoms with Crippen LogP contribution in [0.1, 0.15) is 5.76 Å². The van der Waals surface area contributed by atoms with Crippen LogP contribution < -0.4 is 10.1 Å². The van der Waals surface area contributed by atoms with Gasteiger partial charge in [0.1, 0.15) is 23.2 Å². The highest BCUT2D eigenvalue weighted by Crippen LogP contribution is 2.35. The average molecular weight is 457 g/mol. The number of nitriles is 1. The average Bonchev–Trinajstić information content (AvgIpc) is 3.06. The molecule has 0 saturated carbocycles. The molecule has 28 heavy (non-hydrogen) atoms. The Morgan fingerprint density at radius 2 is 2.07 bits per heavy atom. The van der Waals surface area contributed by atoms with E-state index in [1.807, 2.05) is 6.07 Å². The first-order valence-electron chi connectivity index (χ1n) is 7.91. The van der Waals surface area contributed by atoms with Crippen molar-refractivity contribution in [3.63, 3.8) is 0 Å². The molecule has 0 aliphatic rings. The number of benzene rings is 1. The van der Waals surface area contributed by atoms with Gasteiger partial charge in [-0.3, -0.25) is 4.79 Å². The molecule has 2 heterocycles. The summed E-state index contributed by atoms with van der Waals surface area (Å²) in [5, 5.41) is 13.1. The second-order valence-electron chi connectivity index (χ2n) is 5.24. The summed E-state index contributed by atoms with van der Waals surface area (Å²) in [4.78, 5) is 20.7. The number of halogens is 1. The fraction of sp³-hybridized carbons (Fsp3) is 0.0526. The number of aromatic nitrogens is 2. The van der Waals surface area contributed by atoms with Crippen LogP contribution >= 0.6 is 27.7 Å². The molecule has 0 radical (unpaired) electrons. The van der Waals surface area contributed by atoms with Gasteiger partial charge in [-0.05, 0) is 52.0 Å². The van der Waals surface area contributed by atoms with E-state index in [4.69, 9.17) is 9.15 Å². The first kappa shape index (κ1) is 19.7. The van der Waals surface area contributed by atoms with Crippen molar-refractivity contribution in [3.05, 3.63) is 64.6 Å². The standard InChI is InChI=1S/C19H13BrN4O3S/c1-26-16-6-3-2-5-15(16)24-17(25)12(11-21)9-13-10-14(20)18(27-13)28-19-22-7-4-8-23-19/h2-10H,1H3,(H,24,25)/b12-9+. The molecule has 140 valence electrons. The summed E-state index contributed by atoms with van der Waals surface area (Å²) in [6.07, 6.45) is 4.62. The van der Waals surface area contributed by atoms with Crippen LogP contribution in [0.15, 0.2) is 73.5 Å². The van der Waals surface area contributed by atoms with Crippen molar-refractivity contribution < 1.29 is 13.9 Å². The number of methoxy groups -OCH3 is 1. The Morgan fingerprint density at radius 1 is 1.32 bits per heavy atom. The van der Waals surface area contributed by atoms with Gasteiger partial charge in [0, 0.05) is 18.5 Å². The second-order valence-corrected chi connectivity index (χ2v) is 7.04. The molecule has 7 nitrogen and oxygen atoms in total. The van der Waals surface area contributed by atoms with Gasteiger partial charge in [0.15, 0.2) is 10.2 Å². The molecule has 0 aliphatic heterocycles. The minimum Gasteiger partial charge on any atom is -0.495 e. The predicted octanol–water partition coefficient (Wildman–Crippen LogP) is 4.54. The summed E-state index contributed by atoms with van der Waals surface area (Å²) in [5.41, 5.74) is 0.355. The normalized spacial score (nSPS) is 11.0. The number of nitrogens with zero attached hydrogens (tertiary/aromatic N) is 3. The van der Waals surface area contributed by atoms with Gasteiger partial charge in [-0.1, -0.05) is 12.1 Å². The van der Waals surface area contributed by atoms with Gasteiger partial charge in [0.2, 0.25) is 0 Å². The highest BCUT2D eigenvalue weighted by Gasteiger charge is 2.15.